The molecular weight excluding hydrogens is 148 g/mol. The number of hydrogen-bond donors (Lipinski definition) is 0. The van der Waals surface area contributed by atoms with Crippen LogP contribution in [-0.2, 0) is 4.79 Å². The van der Waals surface area contributed by atoms with Crippen LogP contribution in [0.4, 0.5) is 0 Å². The summed E-state index contributed by atoms with van der Waals surface area (Å²) in [5.74, 6) is 0.318. The van der Waals surface area contributed by atoms with E-state index in [1.807, 2.05) is 12.1 Å². The highest BCUT2D eigenvalue weighted by atomic mass is 16.1. The van der Waals surface area contributed by atoms with Crippen molar-refractivity contribution in [1.82, 2.24) is 0 Å². The quantitative estimate of drug-likeness (QED) is 0.604. The van der Waals surface area contributed by atoms with Gasteiger partial charge in [0.1, 0.15) is 6.29 Å². The van der Waals surface area contributed by atoms with E-state index in [-0.39, 0.29) is 0 Å². The molecule has 2 rings (SSSR count). The molecule has 0 radical (unpaired) electrons. The van der Waals surface area contributed by atoms with Crippen LogP contribution in [0.5, 0.6) is 0 Å². The average molecular weight is 158 g/mol. The normalized spacial score (nSPS) is 19.2. The molecule has 1 aliphatic carbocycles. The summed E-state index contributed by atoms with van der Waals surface area (Å²) in [4.78, 5) is 10.3. The lowest BCUT2D eigenvalue weighted by Gasteiger charge is -2.05. The van der Waals surface area contributed by atoms with Gasteiger partial charge in [-0.15, -0.1) is 0 Å². The van der Waals surface area contributed by atoms with Crippen LogP contribution >= 0.6 is 0 Å². The third-order valence-electron chi connectivity index (χ3n) is 2.25. The molecule has 1 heteroatoms. The second-order valence-electron chi connectivity index (χ2n) is 3.00. The fraction of sp³-hybridized carbons (Fsp3) is 0.182. The van der Waals surface area contributed by atoms with E-state index < -0.39 is 0 Å². The molecule has 1 atom stereocenters. The van der Waals surface area contributed by atoms with Crippen LogP contribution in [0.25, 0.3) is 6.08 Å². The first kappa shape index (κ1) is 7.29. The molecule has 1 aromatic rings. The maximum atomic E-state index is 10.3. The number of allylic oxidation sites excluding steroid dienone is 1. The molecule has 60 valence electrons. The van der Waals surface area contributed by atoms with Crippen molar-refractivity contribution >= 4 is 12.4 Å². The van der Waals surface area contributed by atoms with E-state index in [1.54, 1.807) is 0 Å². The maximum absolute atomic E-state index is 10.3. The molecule has 1 aliphatic rings. The number of fused-ring (bicyclic) bond motifs is 1. The van der Waals surface area contributed by atoms with Crippen molar-refractivity contribution in [2.75, 3.05) is 0 Å². The Kier molecular flexibility index (Phi) is 1.78. The Morgan fingerprint density at radius 2 is 2.17 bits per heavy atom. The molecule has 1 aromatic carbocycles. The molecule has 0 amide bonds. The number of carbonyl (C=O) groups is 1. The van der Waals surface area contributed by atoms with Gasteiger partial charge in [0.25, 0.3) is 0 Å². The highest BCUT2D eigenvalue weighted by Crippen LogP contribution is 2.31. The average Bonchev–Trinajstić information content (AvgIpc) is 2.50. The standard InChI is InChI=1S/C11H10O/c12-8-7-10-6-5-9-3-1-2-4-11(9)10/h1-6,8,10H,7H2. The van der Waals surface area contributed by atoms with E-state index >= 15 is 0 Å². The topological polar surface area (TPSA) is 17.1 Å². The van der Waals surface area contributed by atoms with Crippen LogP contribution in [0.15, 0.2) is 30.3 Å². The van der Waals surface area contributed by atoms with E-state index in [9.17, 15) is 4.79 Å². The molecule has 1 nitrogen and oxygen atoms in total. The van der Waals surface area contributed by atoms with Gasteiger partial charge in [0, 0.05) is 12.3 Å². The molecular formula is C11H10O. The predicted octanol–water partition coefficient (Wildman–Crippen LogP) is 2.39. The minimum absolute atomic E-state index is 0.318. The van der Waals surface area contributed by atoms with E-state index in [2.05, 4.69) is 24.3 Å². The smallest absolute Gasteiger partial charge is 0.120 e. The predicted molar refractivity (Wildman–Crippen MR) is 48.9 cm³/mol. The van der Waals surface area contributed by atoms with Crippen LogP contribution in [0.1, 0.15) is 23.5 Å². The van der Waals surface area contributed by atoms with E-state index in [1.165, 1.54) is 11.1 Å². The monoisotopic (exact) mass is 158 g/mol. The summed E-state index contributed by atoms with van der Waals surface area (Å²) in [5.41, 5.74) is 2.54. The van der Waals surface area contributed by atoms with E-state index in [4.69, 9.17) is 0 Å². The lowest BCUT2D eigenvalue weighted by molar-refractivity contribution is -0.108. The molecule has 1 unspecified atom stereocenters. The van der Waals surface area contributed by atoms with Crippen LogP contribution in [0, 0.1) is 0 Å². The van der Waals surface area contributed by atoms with E-state index in [0.29, 0.717) is 12.3 Å². The van der Waals surface area contributed by atoms with Crippen molar-refractivity contribution in [2.45, 2.75) is 12.3 Å². The second kappa shape index (κ2) is 2.94. The summed E-state index contributed by atoms with van der Waals surface area (Å²) in [6.07, 6.45) is 5.77. The Hall–Kier alpha value is -1.37. The summed E-state index contributed by atoms with van der Waals surface area (Å²) >= 11 is 0. The first-order valence-electron chi connectivity index (χ1n) is 4.12. The van der Waals surface area contributed by atoms with Crippen molar-refractivity contribution in [3.63, 3.8) is 0 Å². The zero-order chi connectivity index (χ0) is 8.39. The summed E-state index contributed by atoms with van der Waals surface area (Å²) in [6, 6.07) is 8.20. The Balaban J connectivity index is 2.35. The first-order valence-corrected chi connectivity index (χ1v) is 4.12. The molecule has 0 saturated heterocycles. The van der Waals surface area contributed by atoms with Crippen molar-refractivity contribution < 1.29 is 4.79 Å². The number of rotatable bonds is 2. The first-order chi connectivity index (χ1) is 5.92. The number of benzene rings is 1. The largest absolute Gasteiger partial charge is 0.303 e. The Morgan fingerprint density at radius 1 is 1.33 bits per heavy atom. The summed E-state index contributed by atoms with van der Waals surface area (Å²) in [7, 11) is 0. The Morgan fingerprint density at radius 3 is 3.00 bits per heavy atom. The van der Waals surface area contributed by atoms with Gasteiger partial charge in [-0.25, -0.2) is 0 Å². The van der Waals surface area contributed by atoms with Crippen LogP contribution < -0.4 is 0 Å². The summed E-state index contributed by atoms with van der Waals surface area (Å²) in [6.45, 7) is 0. The van der Waals surface area contributed by atoms with Gasteiger partial charge in [0.05, 0.1) is 0 Å². The molecule has 0 heterocycles. The zero-order valence-corrected chi connectivity index (χ0v) is 6.73. The van der Waals surface area contributed by atoms with Gasteiger partial charge in [-0.1, -0.05) is 36.4 Å². The lowest BCUT2D eigenvalue weighted by atomic mass is 9.98. The molecule has 0 bridgehead atoms. The van der Waals surface area contributed by atoms with E-state index in [0.717, 1.165) is 6.29 Å². The van der Waals surface area contributed by atoms with Crippen LogP contribution in [-0.4, -0.2) is 6.29 Å². The third kappa shape index (κ3) is 1.07. The lowest BCUT2D eigenvalue weighted by Crippen LogP contribution is -1.92. The maximum Gasteiger partial charge on any atom is 0.120 e. The van der Waals surface area contributed by atoms with Gasteiger partial charge in [-0.3, -0.25) is 0 Å². The molecule has 0 fully saturated rings. The number of aldehydes is 1. The fourth-order valence-electron chi connectivity index (χ4n) is 1.63. The number of hydrogen-bond acceptors (Lipinski definition) is 1. The number of carbonyl (C=O) groups excluding carboxylic acids is 1. The molecule has 0 N–H and O–H groups in total. The molecule has 0 aromatic heterocycles. The van der Waals surface area contributed by atoms with Crippen molar-refractivity contribution in [2.24, 2.45) is 0 Å². The SMILES string of the molecule is O=CCC1C=Cc2ccccc21. The minimum Gasteiger partial charge on any atom is -0.303 e. The fourth-order valence-corrected chi connectivity index (χ4v) is 1.63. The van der Waals surface area contributed by atoms with Gasteiger partial charge >= 0.3 is 0 Å². The van der Waals surface area contributed by atoms with Crippen molar-refractivity contribution in [3.8, 4) is 0 Å². The summed E-state index contributed by atoms with van der Waals surface area (Å²) < 4.78 is 0. The highest BCUT2D eigenvalue weighted by molar-refractivity contribution is 5.65. The third-order valence-corrected chi connectivity index (χ3v) is 2.25. The van der Waals surface area contributed by atoms with Crippen LogP contribution in [0.3, 0.4) is 0 Å². The zero-order valence-electron chi connectivity index (χ0n) is 6.73. The molecule has 0 saturated carbocycles. The van der Waals surface area contributed by atoms with Gasteiger partial charge in [0.15, 0.2) is 0 Å². The molecule has 0 aliphatic heterocycles. The van der Waals surface area contributed by atoms with Crippen molar-refractivity contribution in [1.29, 1.82) is 0 Å². The minimum atomic E-state index is 0.318. The van der Waals surface area contributed by atoms with Gasteiger partial charge < -0.3 is 4.79 Å². The van der Waals surface area contributed by atoms with Gasteiger partial charge in [-0.05, 0) is 11.1 Å². The Labute approximate surface area is 71.7 Å². The van der Waals surface area contributed by atoms with Crippen LogP contribution in [0.2, 0.25) is 0 Å². The molecule has 12 heavy (non-hydrogen) atoms. The van der Waals surface area contributed by atoms with Gasteiger partial charge in [-0.2, -0.15) is 0 Å². The second-order valence-corrected chi connectivity index (χ2v) is 3.00. The Bertz CT molecular complexity index is 326. The highest BCUT2D eigenvalue weighted by Gasteiger charge is 2.14. The van der Waals surface area contributed by atoms with Gasteiger partial charge in [0.2, 0.25) is 0 Å². The summed E-state index contributed by atoms with van der Waals surface area (Å²) in [5, 5.41) is 0. The molecule has 0 spiro atoms. The van der Waals surface area contributed by atoms with Crippen molar-refractivity contribution in [3.05, 3.63) is 41.5 Å².